The van der Waals surface area contributed by atoms with Crippen LogP contribution in [0.4, 0.5) is 5.69 Å². The number of nitrogens with two attached hydrogens (primary N) is 1. The van der Waals surface area contributed by atoms with Crippen molar-refractivity contribution < 1.29 is 4.79 Å². The predicted octanol–water partition coefficient (Wildman–Crippen LogP) is 3.45. The van der Waals surface area contributed by atoms with E-state index >= 15 is 0 Å². The number of rotatable bonds is 5. The Morgan fingerprint density at radius 1 is 1.33 bits per heavy atom. The van der Waals surface area contributed by atoms with Gasteiger partial charge in [0.1, 0.15) is 0 Å². The molecule has 1 aliphatic heterocycles. The van der Waals surface area contributed by atoms with Gasteiger partial charge in [0.15, 0.2) is 0 Å². The van der Waals surface area contributed by atoms with Crippen LogP contribution in [0.1, 0.15) is 45.1 Å². The van der Waals surface area contributed by atoms with Crippen molar-refractivity contribution in [3.63, 3.8) is 0 Å². The highest BCUT2D eigenvalue weighted by atomic mass is 32.1. The summed E-state index contributed by atoms with van der Waals surface area (Å²) in [6.07, 6.45) is 4.35. The van der Waals surface area contributed by atoms with Gasteiger partial charge in [-0.2, -0.15) is 0 Å². The molecule has 0 bridgehead atoms. The number of amides is 1. The molecular formula is C17H24N2OS. The topological polar surface area (TPSA) is 46.3 Å². The van der Waals surface area contributed by atoms with Gasteiger partial charge >= 0.3 is 0 Å². The summed E-state index contributed by atoms with van der Waals surface area (Å²) < 4.78 is 0. The van der Waals surface area contributed by atoms with Crippen molar-refractivity contribution in [3.8, 4) is 0 Å². The molecule has 0 radical (unpaired) electrons. The third kappa shape index (κ3) is 3.82. The van der Waals surface area contributed by atoms with Gasteiger partial charge in [-0.1, -0.05) is 44.3 Å². The number of hydrogen-bond donors (Lipinski definition) is 1. The number of carbonyl (C=O) groups excluding carboxylic acids is 1. The molecule has 1 aromatic rings. The average molecular weight is 304 g/mol. The summed E-state index contributed by atoms with van der Waals surface area (Å²) in [7, 11) is 0. The Hall–Kier alpha value is -1.42. The second kappa shape index (κ2) is 6.56. The molecule has 21 heavy (non-hydrogen) atoms. The monoisotopic (exact) mass is 304 g/mol. The summed E-state index contributed by atoms with van der Waals surface area (Å²) in [6.45, 7) is 4.86. The Balaban J connectivity index is 2.08. The van der Waals surface area contributed by atoms with E-state index in [0.29, 0.717) is 11.4 Å². The van der Waals surface area contributed by atoms with Gasteiger partial charge in [-0.3, -0.25) is 4.79 Å². The molecule has 0 unspecified atom stereocenters. The van der Waals surface area contributed by atoms with Gasteiger partial charge in [0.05, 0.1) is 4.99 Å². The van der Waals surface area contributed by atoms with E-state index in [1.165, 1.54) is 5.56 Å². The molecule has 1 aromatic carbocycles. The maximum atomic E-state index is 12.3. The number of benzene rings is 1. The first-order valence-electron chi connectivity index (χ1n) is 7.60. The molecule has 0 saturated carbocycles. The summed E-state index contributed by atoms with van der Waals surface area (Å²) >= 11 is 5.11. The smallest absolute Gasteiger partial charge is 0.226 e. The second-order valence-electron chi connectivity index (χ2n) is 6.38. The molecular weight excluding hydrogens is 280 g/mol. The Labute approximate surface area is 132 Å². The molecule has 2 N–H and O–H groups in total. The van der Waals surface area contributed by atoms with Crippen molar-refractivity contribution in [2.24, 2.45) is 11.1 Å². The predicted molar refractivity (Wildman–Crippen MR) is 91.5 cm³/mol. The fourth-order valence-electron chi connectivity index (χ4n) is 2.73. The number of nitrogens with zero attached hydrogens (tertiary/aromatic N) is 1. The van der Waals surface area contributed by atoms with Gasteiger partial charge < -0.3 is 10.6 Å². The zero-order chi connectivity index (χ0) is 15.5. The molecule has 1 heterocycles. The standard InChI is InChI=1S/C17H24N2OS/c1-17(2,16(18)21)11-6-12-19-14-9-4-3-7-13(14)8-5-10-15(19)20/h3-4,7,9H,5-6,8,10-12H2,1-2H3,(H2,18,21). The molecule has 0 aromatic heterocycles. The van der Waals surface area contributed by atoms with E-state index in [1.807, 2.05) is 17.0 Å². The highest BCUT2D eigenvalue weighted by molar-refractivity contribution is 7.80. The Morgan fingerprint density at radius 2 is 2.05 bits per heavy atom. The highest BCUT2D eigenvalue weighted by Crippen LogP contribution is 2.28. The summed E-state index contributed by atoms with van der Waals surface area (Å²) in [5.74, 6) is 0.230. The molecule has 1 amide bonds. The first-order chi connectivity index (χ1) is 9.92. The second-order valence-corrected chi connectivity index (χ2v) is 6.82. The van der Waals surface area contributed by atoms with E-state index in [4.69, 9.17) is 18.0 Å². The van der Waals surface area contributed by atoms with E-state index in [0.717, 1.165) is 37.9 Å². The summed E-state index contributed by atoms with van der Waals surface area (Å²) in [5, 5.41) is 0. The van der Waals surface area contributed by atoms with Crippen LogP contribution in [-0.2, 0) is 11.2 Å². The number of aryl methyl sites for hydroxylation is 1. The molecule has 1 aliphatic rings. The number of fused-ring (bicyclic) bond motifs is 1. The lowest BCUT2D eigenvalue weighted by Gasteiger charge is -2.27. The molecule has 0 atom stereocenters. The maximum absolute atomic E-state index is 12.3. The van der Waals surface area contributed by atoms with Crippen molar-refractivity contribution in [1.82, 2.24) is 0 Å². The Kier molecular flexibility index (Phi) is 4.99. The van der Waals surface area contributed by atoms with Crippen LogP contribution in [0.5, 0.6) is 0 Å². The lowest BCUT2D eigenvalue weighted by Crippen LogP contribution is -2.34. The maximum Gasteiger partial charge on any atom is 0.226 e. The average Bonchev–Trinajstić information content (AvgIpc) is 2.58. The molecule has 4 heteroatoms. The number of para-hydroxylation sites is 1. The summed E-state index contributed by atoms with van der Waals surface area (Å²) in [5.41, 5.74) is 7.97. The third-order valence-corrected chi connectivity index (χ3v) is 4.82. The van der Waals surface area contributed by atoms with E-state index in [2.05, 4.69) is 26.0 Å². The van der Waals surface area contributed by atoms with E-state index in [9.17, 15) is 4.79 Å². The molecule has 0 aliphatic carbocycles. The van der Waals surface area contributed by atoms with Crippen LogP contribution in [0.15, 0.2) is 24.3 Å². The number of thiocarbonyl (C=S) groups is 1. The Morgan fingerprint density at radius 3 is 2.76 bits per heavy atom. The van der Waals surface area contributed by atoms with Crippen LogP contribution < -0.4 is 10.6 Å². The molecule has 2 rings (SSSR count). The van der Waals surface area contributed by atoms with Gasteiger partial charge in [0.25, 0.3) is 0 Å². The highest BCUT2D eigenvalue weighted by Gasteiger charge is 2.24. The van der Waals surface area contributed by atoms with Crippen LogP contribution in [-0.4, -0.2) is 17.4 Å². The van der Waals surface area contributed by atoms with Crippen molar-refractivity contribution in [3.05, 3.63) is 29.8 Å². The van der Waals surface area contributed by atoms with Crippen molar-refractivity contribution in [2.45, 2.75) is 46.0 Å². The minimum atomic E-state index is -0.149. The lowest BCUT2D eigenvalue weighted by atomic mass is 9.88. The first-order valence-corrected chi connectivity index (χ1v) is 8.01. The van der Waals surface area contributed by atoms with Gasteiger partial charge in [-0.05, 0) is 37.3 Å². The van der Waals surface area contributed by atoms with Crippen LogP contribution in [0.3, 0.4) is 0 Å². The third-order valence-electron chi connectivity index (χ3n) is 4.27. The van der Waals surface area contributed by atoms with Crippen molar-refractivity contribution in [1.29, 1.82) is 0 Å². The van der Waals surface area contributed by atoms with E-state index in [-0.39, 0.29) is 11.3 Å². The first kappa shape index (κ1) is 16.0. The van der Waals surface area contributed by atoms with E-state index in [1.54, 1.807) is 0 Å². The lowest BCUT2D eigenvalue weighted by molar-refractivity contribution is -0.118. The Bertz CT molecular complexity index is 539. The zero-order valence-electron chi connectivity index (χ0n) is 12.9. The molecule has 3 nitrogen and oxygen atoms in total. The van der Waals surface area contributed by atoms with Gasteiger partial charge in [0.2, 0.25) is 5.91 Å². The van der Waals surface area contributed by atoms with Crippen LogP contribution in [0, 0.1) is 5.41 Å². The van der Waals surface area contributed by atoms with Crippen LogP contribution in [0.2, 0.25) is 0 Å². The quantitative estimate of drug-likeness (QED) is 0.848. The number of carbonyl (C=O) groups is 1. The SMILES string of the molecule is CC(C)(CCCN1C(=O)CCCc2ccccc21)C(N)=S. The van der Waals surface area contributed by atoms with Crippen LogP contribution in [0.25, 0.3) is 0 Å². The zero-order valence-corrected chi connectivity index (χ0v) is 13.7. The normalized spacial score (nSPS) is 15.5. The number of anilines is 1. The number of hydrogen-bond acceptors (Lipinski definition) is 2. The minimum Gasteiger partial charge on any atom is -0.393 e. The fraction of sp³-hybridized carbons (Fsp3) is 0.529. The fourth-order valence-corrected chi connectivity index (χ4v) is 2.83. The van der Waals surface area contributed by atoms with Gasteiger partial charge in [-0.25, -0.2) is 0 Å². The molecule has 114 valence electrons. The largest absolute Gasteiger partial charge is 0.393 e. The summed E-state index contributed by atoms with van der Waals surface area (Å²) in [4.78, 5) is 14.8. The van der Waals surface area contributed by atoms with Gasteiger partial charge in [0, 0.05) is 24.1 Å². The molecule has 0 saturated heterocycles. The molecule has 0 spiro atoms. The van der Waals surface area contributed by atoms with E-state index < -0.39 is 0 Å². The summed E-state index contributed by atoms with van der Waals surface area (Å²) in [6, 6.07) is 8.23. The van der Waals surface area contributed by atoms with Crippen molar-refractivity contribution >= 4 is 28.8 Å². The van der Waals surface area contributed by atoms with Gasteiger partial charge in [-0.15, -0.1) is 0 Å². The molecule has 0 fully saturated rings. The van der Waals surface area contributed by atoms with Crippen LogP contribution >= 0.6 is 12.2 Å². The minimum absolute atomic E-state index is 0.149. The van der Waals surface area contributed by atoms with Crippen molar-refractivity contribution in [2.75, 3.05) is 11.4 Å².